The predicted molar refractivity (Wildman–Crippen MR) is 67.1 cm³/mol. The summed E-state index contributed by atoms with van der Waals surface area (Å²) in [7, 11) is 0. The molecule has 0 saturated heterocycles. The normalized spacial score (nSPS) is 12.5. The zero-order valence-electron chi connectivity index (χ0n) is 9.97. The summed E-state index contributed by atoms with van der Waals surface area (Å²) in [5.41, 5.74) is 0. The van der Waals surface area contributed by atoms with Gasteiger partial charge in [-0.05, 0) is 0 Å². The summed E-state index contributed by atoms with van der Waals surface area (Å²) < 4.78 is 6.37. The molecule has 88 valence electrons. The van der Waals surface area contributed by atoms with E-state index in [4.69, 9.17) is 4.74 Å². The van der Waals surface area contributed by atoms with Crippen LogP contribution in [0.25, 0.3) is 0 Å². The summed E-state index contributed by atoms with van der Waals surface area (Å²) in [4.78, 5) is 11.8. The van der Waals surface area contributed by atoms with Gasteiger partial charge in [0.15, 0.2) is 0 Å². The van der Waals surface area contributed by atoms with Crippen molar-refractivity contribution < 1.29 is 9.53 Å². The summed E-state index contributed by atoms with van der Waals surface area (Å²) in [5, 5.41) is 0. The van der Waals surface area contributed by atoms with Gasteiger partial charge in [-0.3, -0.25) is 0 Å². The molecule has 0 radical (unpaired) electrons. The fraction of sp³-hybridized carbons (Fsp3) is 0.462. The average molecular weight is 285 g/mol. The Hall–Kier alpha value is -0.791. The van der Waals surface area contributed by atoms with E-state index in [1.54, 1.807) is 0 Å². The summed E-state index contributed by atoms with van der Waals surface area (Å²) in [6, 6.07) is 10.2. The number of hydrogen-bond acceptors (Lipinski definition) is 2. The van der Waals surface area contributed by atoms with Crippen LogP contribution in [0.1, 0.15) is 20.8 Å². The topological polar surface area (TPSA) is 26.3 Å². The molecule has 0 aromatic heterocycles. The molecule has 0 aliphatic heterocycles. The van der Waals surface area contributed by atoms with Crippen LogP contribution >= 0.6 is 0 Å². The molecule has 0 aliphatic rings. The molecule has 0 bridgehead atoms. The molecule has 0 heterocycles. The Morgan fingerprint density at radius 1 is 1.31 bits per heavy atom. The molecule has 0 N–H and O–H groups in total. The van der Waals surface area contributed by atoms with Crippen LogP contribution in [0.4, 0.5) is 0 Å². The van der Waals surface area contributed by atoms with Gasteiger partial charge in [0.05, 0.1) is 0 Å². The van der Waals surface area contributed by atoms with E-state index in [0.717, 1.165) is 0 Å². The number of hydrogen-bond donors (Lipinski definition) is 0. The third-order valence-corrected chi connectivity index (χ3v) is 5.35. The van der Waals surface area contributed by atoms with Gasteiger partial charge in [-0.2, -0.15) is 0 Å². The first-order valence-corrected chi connectivity index (χ1v) is 7.38. The predicted octanol–water partition coefficient (Wildman–Crippen LogP) is 2.02. The first-order valence-electron chi connectivity index (χ1n) is 5.53. The van der Waals surface area contributed by atoms with E-state index >= 15 is 0 Å². The number of carbonyl (C=O) groups excluding carboxylic acids is 1. The fourth-order valence-electron chi connectivity index (χ4n) is 1.33. The van der Waals surface area contributed by atoms with Gasteiger partial charge in [-0.25, -0.2) is 0 Å². The minimum absolute atomic E-state index is 0.0230. The van der Waals surface area contributed by atoms with Crippen molar-refractivity contribution in [2.24, 2.45) is 5.92 Å². The molecule has 0 aliphatic carbocycles. The molecule has 1 aromatic carbocycles. The molecule has 1 unspecified atom stereocenters. The molecule has 0 amide bonds. The zero-order chi connectivity index (χ0) is 12.0. The van der Waals surface area contributed by atoms with Crippen molar-refractivity contribution in [1.29, 1.82) is 0 Å². The second-order valence-electron chi connectivity index (χ2n) is 3.85. The van der Waals surface area contributed by atoms with Gasteiger partial charge in [0.1, 0.15) is 0 Å². The van der Waals surface area contributed by atoms with Crippen molar-refractivity contribution in [2.45, 2.75) is 25.6 Å². The van der Waals surface area contributed by atoms with Gasteiger partial charge in [0.2, 0.25) is 0 Å². The average Bonchev–Trinajstić information content (AvgIpc) is 2.27. The maximum atomic E-state index is 11.8. The van der Waals surface area contributed by atoms with Crippen molar-refractivity contribution in [3.05, 3.63) is 30.3 Å². The number of carbonyl (C=O) groups is 1. The van der Waals surface area contributed by atoms with Crippen LogP contribution in [0.2, 0.25) is 4.82 Å². The monoisotopic (exact) mass is 286 g/mol. The van der Waals surface area contributed by atoms with Gasteiger partial charge in [-0.15, -0.1) is 0 Å². The van der Waals surface area contributed by atoms with Gasteiger partial charge in [0.25, 0.3) is 0 Å². The molecule has 16 heavy (non-hydrogen) atoms. The Morgan fingerprint density at radius 2 is 1.94 bits per heavy atom. The van der Waals surface area contributed by atoms with E-state index in [-0.39, 0.29) is 25.7 Å². The zero-order valence-corrected chi connectivity index (χ0v) is 11.7. The van der Waals surface area contributed by atoms with Crippen LogP contribution in [0.15, 0.2) is 30.3 Å². The first kappa shape index (κ1) is 13.3. The number of rotatable bonds is 5. The van der Waals surface area contributed by atoms with Gasteiger partial charge in [0, 0.05) is 0 Å². The Morgan fingerprint density at radius 3 is 2.44 bits per heavy atom. The quantitative estimate of drug-likeness (QED) is 0.611. The number of benzene rings is 1. The van der Waals surface area contributed by atoms with E-state index < -0.39 is 0 Å². The molecular weight excluding hydrogens is 267 g/mol. The van der Waals surface area contributed by atoms with Crippen LogP contribution < -0.4 is 4.46 Å². The van der Waals surface area contributed by atoms with Gasteiger partial charge in [-0.1, -0.05) is 0 Å². The van der Waals surface area contributed by atoms with E-state index in [1.807, 2.05) is 25.1 Å². The van der Waals surface area contributed by atoms with Crippen LogP contribution in [0.3, 0.4) is 0 Å². The number of esters is 1. The molecule has 1 rings (SSSR count). The van der Waals surface area contributed by atoms with Crippen molar-refractivity contribution >= 4 is 25.4 Å². The maximum absolute atomic E-state index is 11.8. The Kier molecular flexibility index (Phi) is 5.57. The third kappa shape index (κ3) is 3.99. The van der Waals surface area contributed by atoms with Gasteiger partial charge >= 0.3 is 103 Å². The summed E-state index contributed by atoms with van der Waals surface area (Å²) in [5.74, 6) is 0.278. The molecule has 1 atom stereocenters. The van der Waals surface area contributed by atoms with Crippen LogP contribution in [-0.4, -0.2) is 27.5 Å². The van der Waals surface area contributed by atoms with Crippen molar-refractivity contribution in [2.75, 3.05) is 6.61 Å². The molecule has 1 aromatic rings. The summed E-state index contributed by atoms with van der Waals surface area (Å²) in [6.45, 7) is 6.47. The van der Waals surface area contributed by atoms with Crippen LogP contribution in [0, 0.1) is 5.92 Å². The third-order valence-electron chi connectivity index (χ3n) is 2.13. The van der Waals surface area contributed by atoms with Crippen LogP contribution in [-0.2, 0) is 9.53 Å². The standard InChI is InChI=1S/C13H18O2Se/c1-4-15-13(14)12(10(2)3)16-11-8-6-5-7-9-11/h5-10,12H,4H2,1-3H3. The molecule has 0 fully saturated rings. The van der Waals surface area contributed by atoms with E-state index in [1.165, 1.54) is 4.46 Å². The molecule has 0 spiro atoms. The van der Waals surface area contributed by atoms with Gasteiger partial charge < -0.3 is 0 Å². The Labute approximate surface area is 104 Å². The van der Waals surface area contributed by atoms with E-state index in [9.17, 15) is 4.79 Å². The first-order chi connectivity index (χ1) is 7.65. The fourth-order valence-corrected chi connectivity index (χ4v) is 3.52. The SMILES string of the molecule is CCOC(=O)C([Se]c1ccccc1)C(C)C. The van der Waals surface area contributed by atoms with Crippen molar-refractivity contribution in [1.82, 2.24) is 0 Å². The molecule has 0 saturated carbocycles. The molecule has 3 heteroatoms. The number of ether oxygens (including phenoxy) is 1. The Balaban J connectivity index is 2.69. The van der Waals surface area contributed by atoms with Crippen molar-refractivity contribution in [3.8, 4) is 0 Å². The van der Waals surface area contributed by atoms with E-state index in [0.29, 0.717) is 12.5 Å². The molecule has 2 nitrogen and oxygen atoms in total. The Bertz CT molecular complexity index is 322. The minimum atomic E-state index is -0.0543. The second-order valence-corrected chi connectivity index (χ2v) is 6.40. The second kappa shape index (κ2) is 6.72. The molecular formula is C13H18O2Se. The summed E-state index contributed by atoms with van der Waals surface area (Å²) in [6.07, 6.45) is 0. The van der Waals surface area contributed by atoms with Crippen molar-refractivity contribution in [3.63, 3.8) is 0 Å². The van der Waals surface area contributed by atoms with E-state index in [2.05, 4.69) is 26.0 Å². The van der Waals surface area contributed by atoms with Crippen LogP contribution in [0.5, 0.6) is 0 Å². The summed E-state index contributed by atoms with van der Waals surface area (Å²) >= 11 is 0.154.